The van der Waals surface area contributed by atoms with Crippen LogP contribution in [-0.2, 0) is 0 Å². The molecule has 3 nitrogen and oxygen atoms in total. The van der Waals surface area contributed by atoms with E-state index in [1.54, 1.807) is 0 Å². The minimum Gasteiger partial charge on any atom is -0.370 e. The first-order valence-corrected chi connectivity index (χ1v) is 12.8. The summed E-state index contributed by atoms with van der Waals surface area (Å²) < 4.78 is 0. The minimum atomic E-state index is 0.697. The third kappa shape index (κ3) is 5.63. The average Bonchev–Trinajstić information content (AvgIpc) is 2.89. The molecule has 0 radical (unpaired) electrons. The molecule has 34 heavy (non-hydrogen) atoms. The van der Waals surface area contributed by atoms with Crippen LogP contribution in [0, 0.1) is 17.8 Å². The molecule has 174 valence electrons. The summed E-state index contributed by atoms with van der Waals surface area (Å²) in [7, 11) is 0. The zero-order valence-corrected chi connectivity index (χ0v) is 20.6. The molecule has 0 aliphatic carbocycles. The first-order valence-electron chi connectivity index (χ1n) is 12.5. The van der Waals surface area contributed by atoms with E-state index >= 15 is 0 Å². The Labute approximate surface area is 208 Å². The maximum atomic E-state index is 5.98. The highest BCUT2D eigenvalue weighted by molar-refractivity contribution is 6.30. The predicted molar refractivity (Wildman–Crippen MR) is 142 cm³/mol. The summed E-state index contributed by atoms with van der Waals surface area (Å²) in [6.45, 7) is 7.21. The molecule has 2 aromatic carbocycles. The molecule has 1 atom stereocenters. The van der Waals surface area contributed by atoms with Crippen LogP contribution in [0.4, 0.5) is 5.69 Å². The van der Waals surface area contributed by atoms with Crippen molar-refractivity contribution in [3.63, 3.8) is 0 Å². The molecule has 4 heteroatoms. The van der Waals surface area contributed by atoms with E-state index in [4.69, 9.17) is 11.6 Å². The van der Waals surface area contributed by atoms with Crippen molar-refractivity contribution in [1.82, 2.24) is 9.88 Å². The topological polar surface area (TPSA) is 19.4 Å². The van der Waals surface area contributed by atoms with Gasteiger partial charge in [0.15, 0.2) is 0 Å². The summed E-state index contributed by atoms with van der Waals surface area (Å²) in [6, 6.07) is 21.2. The second-order valence-electron chi connectivity index (χ2n) is 9.70. The van der Waals surface area contributed by atoms with E-state index in [1.165, 1.54) is 44.5 Å². The largest absolute Gasteiger partial charge is 0.370 e. The molecule has 0 saturated carbocycles. The number of rotatable bonds is 3. The SMILES string of the molecule is CC1CCN(C2CCCN(c3ccc(C#Cc4ccc(-c5ccc(Cl)cc5)cn4)cc3)C2)CC1. The molecule has 0 N–H and O–H groups in total. The number of halogens is 1. The minimum absolute atomic E-state index is 0.697. The van der Waals surface area contributed by atoms with Crippen LogP contribution in [0.1, 0.15) is 43.9 Å². The lowest BCUT2D eigenvalue weighted by Gasteiger charge is -2.42. The van der Waals surface area contributed by atoms with Crippen LogP contribution < -0.4 is 4.90 Å². The highest BCUT2D eigenvalue weighted by Crippen LogP contribution is 2.26. The second kappa shape index (κ2) is 10.6. The molecule has 2 aliphatic heterocycles. The number of hydrogen-bond acceptors (Lipinski definition) is 3. The van der Waals surface area contributed by atoms with Gasteiger partial charge in [-0.05, 0) is 98.6 Å². The van der Waals surface area contributed by atoms with Gasteiger partial charge in [-0.1, -0.05) is 42.6 Å². The summed E-state index contributed by atoms with van der Waals surface area (Å²) >= 11 is 5.98. The van der Waals surface area contributed by atoms with E-state index < -0.39 is 0 Å². The van der Waals surface area contributed by atoms with E-state index in [-0.39, 0.29) is 0 Å². The maximum absolute atomic E-state index is 5.98. The Balaban J connectivity index is 1.21. The lowest BCUT2D eigenvalue weighted by Crippen LogP contribution is -2.50. The fourth-order valence-electron chi connectivity index (χ4n) is 5.05. The third-order valence-electron chi connectivity index (χ3n) is 7.24. The molecule has 2 saturated heterocycles. The fourth-order valence-corrected chi connectivity index (χ4v) is 5.18. The Morgan fingerprint density at radius 1 is 0.824 bits per heavy atom. The third-order valence-corrected chi connectivity index (χ3v) is 7.49. The Morgan fingerprint density at radius 2 is 1.56 bits per heavy atom. The van der Waals surface area contributed by atoms with Gasteiger partial charge in [-0.15, -0.1) is 0 Å². The number of aromatic nitrogens is 1. The summed E-state index contributed by atoms with van der Waals surface area (Å²) in [5, 5.41) is 0.738. The van der Waals surface area contributed by atoms with Crippen LogP contribution in [-0.4, -0.2) is 42.1 Å². The standard InChI is InChI=1S/C30H32ClN3/c1-23-16-19-33(20-17-23)30-3-2-18-34(22-30)29-14-5-24(6-15-29)4-12-28-13-9-26(21-32-28)25-7-10-27(31)11-8-25/h5-11,13-15,21,23,30H,2-3,16-20,22H2,1H3. The summed E-state index contributed by atoms with van der Waals surface area (Å²) in [5.74, 6) is 7.35. The summed E-state index contributed by atoms with van der Waals surface area (Å²) in [4.78, 5) is 9.81. The lowest BCUT2D eigenvalue weighted by atomic mass is 9.95. The normalized spacial score (nSPS) is 19.5. The second-order valence-corrected chi connectivity index (χ2v) is 10.1. The van der Waals surface area contributed by atoms with Crippen molar-refractivity contribution < 1.29 is 0 Å². The number of hydrogen-bond donors (Lipinski definition) is 0. The molecule has 0 spiro atoms. The van der Waals surface area contributed by atoms with Gasteiger partial charge in [0.2, 0.25) is 0 Å². The number of pyridine rings is 1. The van der Waals surface area contributed by atoms with Gasteiger partial charge >= 0.3 is 0 Å². The van der Waals surface area contributed by atoms with Crippen LogP contribution in [0.5, 0.6) is 0 Å². The quantitative estimate of drug-likeness (QED) is 0.408. The van der Waals surface area contributed by atoms with E-state index in [0.717, 1.165) is 46.4 Å². The first-order chi connectivity index (χ1) is 16.6. The molecule has 1 unspecified atom stereocenters. The van der Waals surface area contributed by atoms with Crippen LogP contribution in [0.2, 0.25) is 5.02 Å². The highest BCUT2D eigenvalue weighted by atomic mass is 35.5. The maximum Gasteiger partial charge on any atom is 0.113 e. The molecule has 2 aliphatic rings. The van der Waals surface area contributed by atoms with Crippen molar-refractivity contribution in [2.45, 2.75) is 38.6 Å². The van der Waals surface area contributed by atoms with Crippen molar-refractivity contribution in [1.29, 1.82) is 0 Å². The van der Waals surface area contributed by atoms with E-state index in [0.29, 0.717) is 6.04 Å². The monoisotopic (exact) mass is 469 g/mol. The first kappa shape index (κ1) is 23.0. The zero-order chi connectivity index (χ0) is 23.3. The molecule has 0 amide bonds. The van der Waals surface area contributed by atoms with Crippen LogP contribution >= 0.6 is 11.6 Å². The lowest BCUT2D eigenvalue weighted by molar-refractivity contribution is 0.125. The van der Waals surface area contributed by atoms with E-state index in [9.17, 15) is 0 Å². The van der Waals surface area contributed by atoms with E-state index in [1.807, 2.05) is 36.5 Å². The van der Waals surface area contributed by atoms with Gasteiger partial charge in [-0.3, -0.25) is 4.90 Å². The van der Waals surface area contributed by atoms with Crippen LogP contribution in [0.15, 0.2) is 66.9 Å². The van der Waals surface area contributed by atoms with Crippen molar-refractivity contribution in [2.24, 2.45) is 5.92 Å². The molecular formula is C30H32ClN3. The highest BCUT2D eigenvalue weighted by Gasteiger charge is 2.27. The summed E-state index contributed by atoms with van der Waals surface area (Å²) in [6.07, 6.45) is 7.17. The average molecular weight is 470 g/mol. The van der Waals surface area contributed by atoms with Crippen LogP contribution in [0.3, 0.4) is 0 Å². The molecule has 1 aromatic heterocycles. The Bertz CT molecular complexity index is 1130. The van der Waals surface area contributed by atoms with Crippen LogP contribution in [0.25, 0.3) is 11.1 Å². The predicted octanol–water partition coefficient (Wildman–Crippen LogP) is 6.50. The van der Waals surface area contributed by atoms with Gasteiger partial charge < -0.3 is 4.90 Å². The summed E-state index contributed by atoms with van der Waals surface area (Å²) in [5.41, 5.74) is 5.26. The molecular weight excluding hydrogens is 438 g/mol. The Kier molecular flexibility index (Phi) is 7.19. The van der Waals surface area contributed by atoms with Gasteiger partial charge in [0.1, 0.15) is 5.69 Å². The van der Waals surface area contributed by atoms with Crippen molar-refractivity contribution in [3.8, 4) is 23.0 Å². The molecule has 3 aromatic rings. The molecule has 2 fully saturated rings. The van der Waals surface area contributed by atoms with Gasteiger partial charge in [-0.25, -0.2) is 4.98 Å². The van der Waals surface area contributed by atoms with Gasteiger partial charge in [-0.2, -0.15) is 0 Å². The number of likely N-dealkylation sites (tertiary alicyclic amines) is 1. The number of anilines is 1. The van der Waals surface area contributed by atoms with Crippen molar-refractivity contribution in [2.75, 3.05) is 31.1 Å². The molecule has 0 bridgehead atoms. The fraction of sp³-hybridized carbons (Fsp3) is 0.367. The number of benzene rings is 2. The Hall–Kier alpha value is -2.80. The van der Waals surface area contributed by atoms with Crippen molar-refractivity contribution in [3.05, 3.63) is 83.1 Å². The number of piperidine rings is 2. The van der Waals surface area contributed by atoms with Crippen molar-refractivity contribution >= 4 is 17.3 Å². The van der Waals surface area contributed by atoms with E-state index in [2.05, 4.69) is 63.9 Å². The number of nitrogens with zero attached hydrogens (tertiary/aromatic N) is 3. The molecule has 3 heterocycles. The van der Waals surface area contributed by atoms with Gasteiger partial charge in [0, 0.05) is 47.2 Å². The van der Waals surface area contributed by atoms with Gasteiger partial charge in [0.05, 0.1) is 0 Å². The van der Waals surface area contributed by atoms with Gasteiger partial charge in [0.25, 0.3) is 0 Å². The Morgan fingerprint density at radius 3 is 2.26 bits per heavy atom. The zero-order valence-electron chi connectivity index (χ0n) is 19.9. The molecule has 5 rings (SSSR count). The smallest absolute Gasteiger partial charge is 0.113 e.